The van der Waals surface area contributed by atoms with E-state index >= 15 is 0 Å². The van der Waals surface area contributed by atoms with Gasteiger partial charge in [0, 0.05) is 19.0 Å². The van der Waals surface area contributed by atoms with Crippen LogP contribution in [0.4, 0.5) is 0 Å². The van der Waals surface area contributed by atoms with Gasteiger partial charge in [-0.15, -0.1) is 0 Å². The van der Waals surface area contributed by atoms with Crippen LogP contribution >= 0.6 is 0 Å². The molecule has 1 atom stereocenters. The number of carbonyl (C=O) groups excluding carboxylic acids is 2. The highest BCUT2D eigenvalue weighted by molar-refractivity contribution is 5.82. The molecule has 1 aliphatic heterocycles. The number of amides is 2. The predicted octanol–water partition coefficient (Wildman–Crippen LogP) is 0.0837. The first-order valence-corrected chi connectivity index (χ1v) is 6.25. The van der Waals surface area contributed by atoms with Crippen LogP contribution in [0.15, 0.2) is 0 Å². The van der Waals surface area contributed by atoms with Gasteiger partial charge in [-0.2, -0.15) is 0 Å². The van der Waals surface area contributed by atoms with Gasteiger partial charge in [-0.25, -0.2) is 0 Å². The topological polar surface area (TPSA) is 89.4 Å². The number of nitrogens with two attached hydrogens (primary N) is 2. The van der Waals surface area contributed by atoms with E-state index < -0.39 is 6.04 Å². The highest BCUT2D eigenvalue weighted by Gasteiger charge is 2.28. The van der Waals surface area contributed by atoms with Gasteiger partial charge in [0.25, 0.3) is 0 Å². The highest BCUT2D eigenvalue weighted by Crippen LogP contribution is 2.18. The van der Waals surface area contributed by atoms with Crippen LogP contribution in [0.3, 0.4) is 0 Å². The molecule has 0 aromatic carbocycles. The number of likely N-dealkylation sites (tertiary alicyclic amines) is 1. The van der Waals surface area contributed by atoms with E-state index in [1.54, 1.807) is 4.90 Å². The Kier molecular flexibility index (Phi) is 4.93. The summed E-state index contributed by atoms with van der Waals surface area (Å²) < 4.78 is 0. The lowest BCUT2D eigenvalue weighted by Gasteiger charge is -2.32. The van der Waals surface area contributed by atoms with Crippen LogP contribution in [0.2, 0.25) is 0 Å². The number of hydrogen-bond acceptors (Lipinski definition) is 3. The minimum absolute atomic E-state index is 0.00150. The fourth-order valence-electron chi connectivity index (χ4n) is 2.23. The SMILES string of the molecule is CC(C)CC(N)C(=O)N1CCC(C(N)=O)CC1. The van der Waals surface area contributed by atoms with E-state index in [1.807, 2.05) is 13.8 Å². The Labute approximate surface area is 103 Å². The minimum Gasteiger partial charge on any atom is -0.369 e. The zero-order chi connectivity index (χ0) is 13.0. The van der Waals surface area contributed by atoms with Gasteiger partial charge in [0.1, 0.15) is 0 Å². The van der Waals surface area contributed by atoms with Crippen LogP contribution in [0.1, 0.15) is 33.1 Å². The molecule has 98 valence electrons. The maximum Gasteiger partial charge on any atom is 0.239 e. The van der Waals surface area contributed by atoms with Crippen LogP contribution in [0, 0.1) is 11.8 Å². The van der Waals surface area contributed by atoms with E-state index in [4.69, 9.17) is 11.5 Å². The molecule has 0 aromatic heterocycles. The van der Waals surface area contributed by atoms with Crippen LogP contribution < -0.4 is 11.5 Å². The molecule has 0 saturated carbocycles. The van der Waals surface area contributed by atoms with Crippen molar-refractivity contribution in [3.05, 3.63) is 0 Å². The number of nitrogens with zero attached hydrogens (tertiary/aromatic N) is 1. The lowest BCUT2D eigenvalue weighted by Crippen LogP contribution is -2.48. The van der Waals surface area contributed by atoms with E-state index in [-0.39, 0.29) is 17.7 Å². The van der Waals surface area contributed by atoms with Crippen LogP contribution in [0.25, 0.3) is 0 Å². The molecule has 0 spiro atoms. The second kappa shape index (κ2) is 6.00. The normalized spacial score (nSPS) is 19.4. The maximum absolute atomic E-state index is 12.0. The molecule has 0 aliphatic carbocycles. The Bertz CT molecular complexity index is 283. The molecule has 1 heterocycles. The third kappa shape index (κ3) is 4.00. The van der Waals surface area contributed by atoms with Gasteiger partial charge in [-0.3, -0.25) is 9.59 Å². The van der Waals surface area contributed by atoms with Crippen molar-refractivity contribution in [2.75, 3.05) is 13.1 Å². The zero-order valence-corrected chi connectivity index (χ0v) is 10.7. The predicted molar refractivity (Wildman–Crippen MR) is 65.9 cm³/mol. The van der Waals surface area contributed by atoms with Crippen LogP contribution in [-0.2, 0) is 9.59 Å². The average molecular weight is 241 g/mol. The molecule has 0 radical (unpaired) electrons. The highest BCUT2D eigenvalue weighted by atomic mass is 16.2. The lowest BCUT2D eigenvalue weighted by molar-refractivity contribution is -0.136. The minimum atomic E-state index is -0.417. The van der Waals surface area contributed by atoms with Gasteiger partial charge < -0.3 is 16.4 Å². The first-order valence-electron chi connectivity index (χ1n) is 6.25. The number of piperidine rings is 1. The molecule has 2 amide bonds. The summed E-state index contributed by atoms with van der Waals surface area (Å²) >= 11 is 0. The standard InChI is InChI=1S/C12H23N3O2/c1-8(2)7-10(13)12(17)15-5-3-9(4-6-15)11(14)16/h8-10H,3-7,13H2,1-2H3,(H2,14,16). The number of hydrogen-bond donors (Lipinski definition) is 2. The Morgan fingerprint density at radius 3 is 2.24 bits per heavy atom. The molecular formula is C12H23N3O2. The van der Waals surface area contributed by atoms with Gasteiger partial charge in [0.05, 0.1) is 6.04 Å². The van der Waals surface area contributed by atoms with Crippen molar-refractivity contribution >= 4 is 11.8 Å². The molecule has 4 N–H and O–H groups in total. The summed E-state index contributed by atoms with van der Waals surface area (Å²) in [5, 5.41) is 0. The summed E-state index contributed by atoms with van der Waals surface area (Å²) in [6, 6.07) is -0.417. The summed E-state index contributed by atoms with van der Waals surface area (Å²) in [6.07, 6.45) is 2.03. The monoisotopic (exact) mass is 241 g/mol. The van der Waals surface area contributed by atoms with Crippen molar-refractivity contribution in [3.63, 3.8) is 0 Å². The quantitative estimate of drug-likeness (QED) is 0.730. The summed E-state index contributed by atoms with van der Waals surface area (Å²) in [4.78, 5) is 24.8. The molecule has 0 aromatic rings. The van der Waals surface area contributed by atoms with E-state index in [0.29, 0.717) is 38.3 Å². The first-order chi connectivity index (χ1) is 7.91. The summed E-state index contributed by atoms with van der Waals surface area (Å²) in [7, 11) is 0. The average Bonchev–Trinajstić information content (AvgIpc) is 2.27. The number of carbonyl (C=O) groups is 2. The van der Waals surface area contributed by atoms with E-state index in [0.717, 1.165) is 0 Å². The van der Waals surface area contributed by atoms with Gasteiger partial charge >= 0.3 is 0 Å². The largest absolute Gasteiger partial charge is 0.369 e. The summed E-state index contributed by atoms with van der Waals surface area (Å²) in [6.45, 7) is 5.29. The first kappa shape index (κ1) is 14.0. The molecule has 1 saturated heterocycles. The van der Waals surface area contributed by atoms with Crippen LogP contribution in [0.5, 0.6) is 0 Å². The third-order valence-electron chi connectivity index (χ3n) is 3.25. The van der Waals surface area contributed by atoms with Gasteiger partial charge in [0.2, 0.25) is 11.8 Å². The third-order valence-corrected chi connectivity index (χ3v) is 3.25. The molecule has 1 rings (SSSR count). The smallest absolute Gasteiger partial charge is 0.239 e. The van der Waals surface area contributed by atoms with E-state index in [1.165, 1.54) is 0 Å². The van der Waals surface area contributed by atoms with E-state index in [2.05, 4.69) is 0 Å². The zero-order valence-electron chi connectivity index (χ0n) is 10.7. The van der Waals surface area contributed by atoms with Crippen molar-refractivity contribution in [2.45, 2.75) is 39.2 Å². The summed E-state index contributed by atoms with van der Waals surface area (Å²) in [5.74, 6) is 0.0719. The number of primary amides is 1. The molecule has 17 heavy (non-hydrogen) atoms. The molecule has 1 aliphatic rings. The second-order valence-corrected chi connectivity index (χ2v) is 5.24. The lowest BCUT2D eigenvalue weighted by atomic mass is 9.95. The maximum atomic E-state index is 12.0. The number of rotatable bonds is 4. The Hall–Kier alpha value is -1.10. The summed E-state index contributed by atoms with van der Waals surface area (Å²) in [5.41, 5.74) is 11.1. The fraction of sp³-hybridized carbons (Fsp3) is 0.833. The Morgan fingerprint density at radius 1 is 1.29 bits per heavy atom. The molecule has 0 bridgehead atoms. The van der Waals surface area contributed by atoms with Crippen molar-refractivity contribution in [3.8, 4) is 0 Å². The van der Waals surface area contributed by atoms with Gasteiger partial charge in [-0.1, -0.05) is 13.8 Å². The van der Waals surface area contributed by atoms with E-state index in [9.17, 15) is 9.59 Å². The van der Waals surface area contributed by atoms with Gasteiger partial charge in [0.15, 0.2) is 0 Å². The van der Waals surface area contributed by atoms with Crippen LogP contribution in [-0.4, -0.2) is 35.8 Å². The van der Waals surface area contributed by atoms with Crippen molar-refractivity contribution < 1.29 is 9.59 Å². The molecular weight excluding hydrogens is 218 g/mol. The molecule has 1 unspecified atom stereocenters. The van der Waals surface area contributed by atoms with Crippen molar-refractivity contribution in [1.29, 1.82) is 0 Å². The Balaban J connectivity index is 2.43. The van der Waals surface area contributed by atoms with Crippen molar-refractivity contribution in [1.82, 2.24) is 4.90 Å². The Morgan fingerprint density at radius 2 is 1.82 bits per heavy atom. The molecule has 5 nitrogen and oxygen atoms in total. The molecule has 5 heteroatoms. The molecule has 1 fully saturated rings. The fourth-order valence-corrected chi connectivity index (χ4v) is 2.23. The van der Waals surface area contributed by atoms with Crippen molar-refractivity contribution in [2.24, 2.45) is 23.3 Å². The second-order valence-electron chi connectivity index (χ2n) is 5.24. The van der Waals surface area contributed by atoms with Gasteiger partial charge in [-0.05, 0) is 25.2 Å².